The zero-order valence-electron chi connectivity index (χ0n) is 12.3. The molecular weight excluding hydrogens is 318 g/mol. The summed E-state index contributed by atoms with van der Waals surface area (Å²) in [6.07, 6.45) is 14.4. The van der Waals surface area contributed by atoms with Gasteiger partial charge < -0.3 is 14.3 Å². The quantitative estimate of drug-likeness (QED) is 0.227. The predicted molar refractivity (Wildman–Crippen MR) is 88.2 cm³/mol. The fraction of sp³-hybridized carbons (Fsp3) is 1.00. The number of alkyl halides is 2. The van der Waals surface area contributed by atoms with Gasteiger partial charge in [-0.1, -0.05) is 64.2 Å². The first-order valence-corrected chi connectivity index (χ1v) is 9.75. The van der Waals surface area contributed by atoms with Crippen LogP contribution >= 0.6 is 31.8 Å². The maximum absolute atomic E-state index is 8.54. The van der Waals surface area contributed by atoms with Crippen molar-refractivity contribution in [2.45, 2.75) is 81.9 Å². The summed E-state index contributed by atoms with van der Waals surface area (Å²) in [6.45, 7) is 0.462. The molecule has 0 spiro atoms. The Hall–Kier alpha value is 0.890. The normalized spacial score (nSPS) is 11.7. The monoisotopic (exact) mass is 346 g/mol. The third kappa shape index (κ3) is 18.9. The van der Waals surface area contributed by atoms with Gasteiger partial charge in [-0.25, -0.2) is 0 Å². The Balaban J connectivity index is 2.96. The Morgan fingerprint density at radius 2 is 1.10 bits per heavy atom. The zero-order valence-corrected chi connectivity index (χ0v) is 14.7. The summed E-state index contributed by atoms with van der Waals surface area (Å²) in [7, 11) is -2.16. The molecular formula is C14H29Cl2O3P. The average Bonchev–Trinajstić information content (AvgIpc) is 2.38. The van der Waals surface area contributed by atoms with E-state index >= 15 is 0 Å². The molecule has 0 unspecified atom stereocenters. The Morgan fingerprint density at radius 1 is 0.700 bits per heavy atom. The molecule has 0 saturated heterocycles. The van der Waals surface area contributed by atoms with Gasteiger partial charge in [-0.2, -0.15) is 0 Å². The molecule has 0 aromatic heterocycles. The van der Waals surface area contributed by atoms with Gasteiger partial charge >= 0.3 is 8.60 Å². The summed E-state index contributed by atoms with van der Waals surface area (Å²) >= 11 is 11.3. The van der Waals surface area contributed by atoms with E-state index in [1.165, 1.54) is 51.4 Å². The molecule has 0 bridgehead atoms. The molecule has 122 valence electrons. The molecule has 0 atom stereocenters. The van der Waals surface area contributed by atoms with E-state index in [1.54, 1.807) is 0 Å². The van der Waals surface area contributed by atoms with Crippen molar-refractivity contribution >= 4 is 31.8 Å². The molecule has 0 aromatic rings. The second-order valence-corrected chi connectivity index (χ2v) is 7.20. The van der Waals surface area contributed by atoms with E-state index in [0.717, 1.165) is 25.7 Å². The maximum atomic E-state index is 8.54. The van der Waals surface area contributed by atoms with Crippen LogP contribution in [-0.2, 0) is 4.52 Å². The molecule has 3 nitrogen and oxygen atoms in total. The van der Waals surface area contributed by atoms with Crippen LogP contribution in [0, 0.1) is 0 Å². The van der Waals surface area contributed by atoms with Crippen molar-refractivity contribution in [1.82, 2.24) is 0 Å². The highest BCUT2D eigenvalue weighted by atomic mass is 35.5. The molecule has 2 N–H and O–H groups in total. The maximum Gasteiger partial charge on any atom is 0.327 e. The second-order valence-electron chi connectivity index (χ2n) is 5.15. The Labute approximate surface area is 135 Å². The summed E-state index contributed by atoms with van der Waals surface area (Å²) in [4.78, 5) is 16.9. The highest BCUT2D eigenvalue weighted by Gasteiger charge is 1.99. The molecule has 0 fully saturated rings. The van der Waals surface area contributed by atoms with Crippen molar-refractivity contribution < 1.29 is 14.3 Å². The van der Waals surface area contributed by atoms with Crippen LogP contribution in [0.4, 0.5) is 0 Å². The van der Waals surface area contributed by atoms with Gasteiger partial charge in [0.2, 0.25) is 0 Å². The fourth-order valence-corrected chi connectivity index (χ4v) is 2.74. The number of rotatable bonds is 15. The van der Waals surface area contributed by atoms with E-state index in [0.29, 0.717) is 6.61 Å². The molecule has 0 saturated carbocycles. The van der Waals surface area contributed by atoms with Gasteiger partial charge in [0.1, 0.15) is 4.84 Å². The highest BCUT2D eigenvalue weighted by Crippen LogP contribution is 2.24. The van der Waals surface area contributed by atoms with Crippen molar-refractivity contribution in [2.75, 3.05) is 6.61 Å². The number of halogens is 2. The molecule has 0 radical (unpaired) electrons. The van der Waals surface area contributed by atoms with Crippen molar-refractivity contribution in [3.63, 3.8) is 0 Å². The first-order chi connectivity index (χ1) is 9.63. The van der Waals surface area contributed by atoms with Gasteiger partial charge in [-0.15, -0.1) is 23.2 Å². The van der Waals surface area contributed by atoms with Crippen molar-refractivity contribution in [2.24, 2.45) is 0 Å². The Bertz CT molecular complexity index is 175. The SMILES string of the molecule is OP(O)OCCCCCCCCCCCCCC(Cl)Cl. The average molecular weight is 347 g/mol. The Morgan fingerprint density at radius 3 is 1.50 bits per heavy atom. The minimum atomic E-state index is -2.16. The van der Waals surface area contributed by atoms with E-state index in [1.807, 2.05) is 0 Å². The minimum Gasteiger partial charge on any atom is -0.328 e. The van der Waals surface area contributed by atoms with Crippen molar-refractivity contribution in [3.8, 4) is 0 Å². The van der Waals surface area contributed by atoms with E-state index < -0.39 is 8.60 Å². The topological polar surface area (TPSA) is 49.7 Å². The lowest BCUT2D eigenvalue weighted by Gasteiger charge is -2.04. The number of hydrogen-bond donors (Lipinski definition) is 2. The van der Waals surface area contributed by atoms with Crippen LogP contribution in [0.3, 0.4) is 0 Å². The minimum absolute atomic E-state index is 0.192. The van der Waals surface area contributed by atoms with E-state index in [-0.39, 0.29) is 4.84 Å². The smallest absolute Gasteiger partial charge is 0.327 e. The summed E-state index contributed by atoms with van der Waals surface area (Å²) in [6, 6.07) is 0. The van der Waals surface area contributed by atoms with Crippen LogP contribution in [-0.4, -0.2) is 21.2 Å². The van der Waals surface area contributed by atoms with Crippen LogP contribution in [0.1, 0.15) is 77.0 Å². The summed E-state index contributed by atoms with van der Waals surface area (Å²) < 4.78 is 4.71. The molecule has 20 heavy (non-hydrogen) atoms. The van der Waals surface area contributed by atoms with Crippen LogP contribution in [0.15, 0.2) is 0 Å². The summed E-state index contributed by atoms with van der Waals surface area (Å²) in [5.74, 6) is 0. The lowest BCUT2D eigenvalue weighted by molar-refractivity contribution is 0.248. The fourth-order valence-electron chi connectivity index (χ4n) is 2.14. The highest BCUT2D eigenvalue weighted by molar-refractivity contribution is 7.39. The van der Waals surface area contributed by atoms with Gasteiger partial charge in [-0.05, 0) is 12.8 Å². The lowest BCUT2D eigenvalue weighted by atomic mass is 10.1. The number of hydrogen-bond acceptors (Lipinski definition) is 3. The van der Waals surface area contributed by atoms with Gasteiger partial charge in [0.25, 0.3) is 0 Å². The van der Waals surface area contributed by atoms with Crippen LogP contribution in [0.25, 0.3) is 0 Å². The molecule has 6 heteroatoms. The standard InChI is InChI=1S/C14H29Cl2O3P/c15-14(16)12-10-8-6-4-2-1-3-5-7-9-11-13-19-20(17)18/h14,17-18H,1-13H2. The molecule has 0 aliphatic heterocycles. The molecule has 0 amide bonds. The van der Waals surface area contributed by atoms with Crippen LogP contribution in [0.5, 0.6) is 0 Å². The molecule has 0 rings (SSSR count). The van der Waals surface area contributed by atoms with E-state index in [4.69, 9.17) is 37.5 Å². The van der Waals surface area contributed by atoms with Gasteiger partial charge in [0.05, 0.1) is 6.61 Å². The first-order valence-electron chi connectivity index (χ1n) is 7.72. The first kappa shape index (κ1) is 20.9. The number of unbranched alkanes of at least 4 members (excludes halogenated alkanes) is 10. The second kappa shape index (κ2) is 16.3. The van der Waals surface area contributed by atoms with Gasteiger partial charge in [-0.3, -0.25) is 0 Å². The summed E-state index contributed by atoms with van der Waals surface area (Å²) in [5, 5.41) is 0. The largest absolute Gasteiger partial charge is 0.328 e. The molecule has 0 aliphatic rings. The zero-order chi connectivity index (χ0) is 15.1. The van der Waals surface area contributed by atoms with E-state index in [9.17, 15) is 0 Å². The van der Waals surface area contributed by atoms with Crippen molar-refractivity contribution in [1.29, 1.82) is 0 Å². The van der Waals surface area contributed by atoms with Crippen molar-refractivity contribution in [3.05, 3.63) is 0 Å². The van der Waals surface area contributed by atoms with Gasteiger partial charge in [0.15, 0.2) is 0 Å². The third-order valence-electron chi connectivity index (χ3n) is 3.27. The van der Waals surface area contributed by atoms with Gasteiger partial charge in [0, 0.05) is 0 Å². The Kier molecular flexibility index (Phi) is 17.0. The van der Waals surface area contributed by atoms with Crippen LogP contribution < -0.4 is 0 Å². The van der Waals surface area contributed by atoms with E-state index in [2.05, 4.69) is 0 Å². The molecule has 0 heterocycles. The van der Waals surface area contributed by atoms with Crippen LogP contribution in [0.2, 0.25) is 0 Å². The third-order valence-corrected chi connectivity index (χ3v) is 4.12. The lowest BCUT2D eigenvalue weighted by Crippen LogP contribution is -1.89. The molecule has 0 aliphatic carbocycles. The predicted octanol–water partition coefficient (Wildman–Crippen LogP) is 5.70. The molecule has 0 aromatic carbocycles. The summed E-state index contributed by atoms with van der Waals surface area (Å²) in [5.41, 5.74) is 0.